The summed E-state index contributed by atoms with van der Waals surface area (Å²) >= 11 is 13.0. The van der Waals surface area contributed by atoms with E-state index in [1.807, 2.05) is 24.3 Å². The lowest BCUT2D eigenvalue weighted by molar-refractivity contribution is 0.351. The van der Waals surface area contributed by atoms with Crippen LogP contribution in [0.4, 0.5) is 10.1 Å². The first-order valence-corrected chi connectivity index (χ1v) is 12.5. The second-order valence-electron chi connectivity index (χ2n) is 9.57. The fourth-order valence-electron chi connectivity index (χ4n) is 5.73. The van der Waals surface area contributed by atoms with Gasteiger partial charge in [0.2, 0.25) is 0 Å². The summed E-state index contributed by atoms with van der Waals surface area (Å²) in [7, 11) is 0. The van der Waals surface area contributed by atoms with Crippen LogP contribution >= 0.6 is 23.2 Å². The third-order valence-corrected chi connectivity index (χ3v) is 8.00. The highest BCUT2D eigenvalue weighted by molar-refractivity contribution is 6.39. The predicted octanol–water partition coefficient (Wildman–Crippen LogP) is 6.95. The monoisotopic (exact) mass is 485 g/mol. The first-order chi connectivity index (χ1) is 16.1. The molecular weight excluding hydrogens is 460 g/mol. The van der Waals surface area contributed by atoms with Gasteiger partial charge < -0.3 is 14.7 Å². The van der Waals surface area contributed by atoms with E-state index in [1.54, 1.807) is 12.1 Å². The van der Waals surface area contributed by atoms with Crippen LogP contribution in [0.25, 0.3) is 11.3 Å². The third-order valence-electron chi connectivity index (χ3n) is 7.37. The molecule has 1 aliphatic carbocycles. The Morgan fingerprint density at radius 2 is 1.70 bits per heavy atom. The van der Waals surface area contributed by atoms with Crippen molar-refractivity contribution in [2.45, 2.75) is 69.1 Å². The number of piperidine rings is 1. The number of nitrogens with zero attached hydrogens (tertiary/aromatic N) is 2. The summed E-state index contributed by atoms with van der Waals surface area (Å²) in [6, 6.07) is 13.8. The molecule has 3 aromatic rings. The normalized spacial score (nSPS) is 24.5. The Kier molecular flexibility index (Phi) is 5.60. The van der Waals surface area contributed by atoms with Crippen molar-refractivity contribution in [2.24, 2.45) is 0 Å². The van der Waals surface area contributed by atoms with Crippen LogP contribution in [0.3, 0.4) is 0 Å². The molecule has 2 saturated heterocycles. The molecule has 3 fully saturated rings. The van der Waals surface area contributed by atoms with Gasteiger partial charge >= 0.3 is 0 Å². The Labute approximate surface area is 203 Å². The van der Waals surface area contributed by atoms with Crippen LogP contribution in [0.2, 0.25) is 10.0 Å². The van der Waals surface area contributed by atoms with Gasteiger partial charge in [0.25, 0.3) is 0 Å². The molecule has 7 heteroatoms. The maximum Gasteiger partial charge on any atom is 0.144 e. The molecule has 3 aliphatic rings. The second-order valence-corrected chi connectivity index (χ2v) is 10.4. The van der Waals surface area contributed by atoms with E-state index in [-0.39, 0.29) is 5.82 Å². The summed E-state index contributed by atoms with van der Waals surface area (Å²) in [5.74, 6) is 1.24. The minimum Gasteiger partial charge on any atom is -0.365 e. The van der Waals surface area contributed by atoms with Crippen LogP contribution in [0.5, 0.6) is 0 Å². The van der Waals surface area contributed by atoms with Crippen LogP contribution in [0.1, 0.15) is 55.8 Å². The van der Waals surface area contributed by atoms with Crippen molar-refractivity contribution in [3.8, 4) is 11.3 Å². The van der Waals surface area contributed by atoms with Crippen LogP contribution in [-0.2, 0) is 6.54 Å². The fraction of sp³-hybridized carbons (Fsp3) is 0.423. The van der Waals surface area contributed by atoms with Gasteiger partial charge in [0.05, 0.1) is 10.0 Å². The van der Waals surface area contributed by atoms with Gasteiger partial charge in [-0.25, -0.2) is 4.39 Å². The van der Waals surface area contributed by atoms with Crippen LogP contribution in [-0.4, -0.2) is 23.3 Å². The lowest BCUT2D eigenvalue weighted by atomic mass is 9.95. The van der Waals surface area contributed by atoms with Gasteiger partial charge in [0, 0.05) is 47.4 Å². The summed E-state index contributed by atoms with van der Waals surface area (Å²) < 4.78 is 19.6. The zero-order valence-corrected chi connectivity index (χ0v) is 19.7. The molecule has 0 amide bonds. The number of benzene rings is 2. The number of halogens is 3. The zero-order chi connectivity index (χ0) is 22.5. The molecule has 6 rings (SSSR count). The van der Waals surface area contributed by atoms with Crippen molar-refractivity contribution >= 4 is 28.9 Å². The van der Waals surface area contributed by atoms with E-state index in [2.05, 4.69) is 15.4 Å². The van der Waals surface area contributed by atoms with E-state index in [0.29, 0.717) is 40.6 Å². The zero-order valence-electron chi connectivity index (χ0n) is 18.2. The number of hydrogen-bond acceptors (Lipinski definition) is 4. The first kappa shape index (κ1) is 21.5. The number of aromatic nitrogens is 1. The van der Waals surface area contributed by atoms with E-state index in [9.17, 15) is 4.39 Å². The highest BCUT2D eigenvalue weighted by Crippen LogP contribution is 2.46. The Bertz CT molecular complexity index is 1140. The number of fused-ring (bicyclic) bond motifs is 2. The van der Waals surface area contributed by atoms with Crippen molar-refractivity contribution in [3.05, 3.63) is 69.7 Å². The minimum atomic E-state index is -0.169. The Morgan fingerprint density at radius 3 is 2.36 bits per heavy atom. The standard InChI is InChI=1S/C26H26Cl2FN3O/c27-22-5-2-6-23(28)24(22)25-21(26(33-31-25)15-7-8-15)14-30-17-12-19-9-10-20(13-17)32(19)18-4-1-3-16(29)11-18/h1-6,11,15,17,19-20,30H,7-10,12-14H2/t17-,19+,20-. The molecule has 172 valence electrons. The van der Waals surface area contributed by atoms with E-state index >= 15 is 0 Å². The quantitative estimate of drug-likeness (QED) is 0.409. The second kappa shape index (κ2) is 8.61. The smallest absolute Gasteiger partial charge is 0.144 e. The Hall–Kier alpha value is -2.08. The maximum atomic E-state index is 13.8. The summed E-state index contributed by atoms with van der Waals surface area (Å²) in [5.41, 5.74) is 3.58. The summed E-state index contributed by atoms with van der Waals surface area (Å²) in [5, 5.41) is 9.37. The molecule has 2 bridgehead atoms. The average molecular weight is 486 g/mol. The van der Waals surface area contributed by atoms with Crippen molar-refractivity contribution in [1.82, 2.24) is 10.5 Å². The van der Waals surface area contributed by atoms with Gasteiger partial charge in [-0.3, -0.25) is 0 Å². The molecule has 2 aromatic carbocycles. The molecule has 1 saturated carbocycles. The van der Waals surface area contributed by atoms with Crippen molar-refractivity contribution < 1.29 is 8.91 Å². The van der Waals surface area contributed by atoms with Gasteiger partial charge in [-0.2, -0.15) is 0 Å². The average Bonchev–Trinajstić information content (AvgIpc) is 3.50. The predicted molar refractivity (Wildman–Crippen MR) is 129 cm³/mol. The van der Waals surface area contributed by atoms with Gasteiger partial charge in [-0.1, -0.05) is 40.5 Å². The Morgan fingerprint density at radius 1 is 1.00 bits per heavy atom. The summed E-state index contributed by atoms with van der Waals surface area (Å²) in [6.07, 6.45) is 6.65. The lowest BCUT2D eigenvalue weighted by Crippen LogP contribution is -2.49. The van der Waals surface area contributed by atoms with E-state index in [4.69, 9.17) is 27.7 Å². The molecule has 2 aliphatic heterocycles. The van der Waals surface area contributed by atoms with Crippen LogP contribution < -0.4 is 10.2 Å². The summed E-state index contributed by atoms with van der Waals surface area (Å²) in [4.78, 5) is 2.44. The number of hydrogen-bond donors (Lipinski definition) is 1. The van der Waals surface area contributed by atoms with Crippen LogP contribution in [0, 0.1) is 5.82 Å². The van der Waals surface area contributed by atoms with Crippen molar-refractivity contribution in [1.29, 1.82) is 0 Å². The molecule has 0 spiro atoms. The number of rotatable bonds is 6. The van der Waals surface area contributed by atoms with Gasteiger partial charge in [0.1, 0.15) is 17.3 Å². The number of nitrogens with one attached hydrogen (secondary N) is 1. The van der Waals surface area contributed by atoms with Crippen LogP contribution in [0.15, 0.2) is 47.0 Å². The highest BCUT2D eigenvalue weighted by atomic mass is 35.5. The first-order valence-electron chi connectivity index (χ1n) is 11.8. The molecular formula is C26H26Cl2FN3O. The molecule has 0 unspecified atom stereocenters. The molecule has 0 radical (unpaired) electrons. The Balaban J connectivity index is 1.22. The van der Waals surface area contributed by atoms with Gasteiger partial charge in [-0.05, 0) is 68.9 Å². The fourth-order valence-corrected chi connectivity index (χ4v) is 6.30. The highest BCUT2D eigenvalue weighted by Gasteiger charge is 2.41. The van der Waals surface area contributed by atoms with E-state index in [0.717, 1.165) is 66.8 Å². The molecule has 1 aromatic heterocycles. The molecule has 3 atom stereocenters. The van der Waals surface area contributed by atoms with Crippen molar-refractivity contribution in [3.63, 3.8) is 0 Å². The topological polar surface area (TPSA) is 41.3 Å². The van der Waals surface area contributed by atoms with Gasteiger partial charge in [0.15, 0.2) is 0 Å². The molecule has 1 N–H and O–H groups in total. The maximum absolute atomic E-state index is 13.8. The van der Waals surface area contributed by atoms with Crippen molar-refractivity contribution in [2.75, 3.05) is 4.90 Å². The van der Waals surface area contributed by atoms with Gasteiger partial charge in [-0.15, -0.1) is 0 Å². The number of anilines is 1. The summed E-state index contributed by atoms with van der Waals surface area (Å²) in [6.45, 7) is 0.677. The molecule has 3 heterocycles. The van der Waals surface area contributed by atoms with E-state index in [1.165, 1.54) is 6.07 Å². The molecule has 4 nitrogen and oxygen atoms in total. The third kappa shape index (κ3) is 4.05. The largest absolute Gasteiger partial charge is 0.365 e. The minimum absolute atomic E-state index is 0.169. The molecule has 33 heavy (non-hydrogen) atoms. The van der Waals surface area contributed by atoms with E-state index < -0.39 is 0 Å². The lowest BCUT2D eigenvalue weighted by Gasteiger charge is -2.41. The SMILES string of the molecule is Fc1cccc(N2[C@@H]3CC[C@H]2C[C@@H](NCc2c(-c4c(Cl)cccc4Cl)noc2C2CC2)C3)c1.